The summed E-state index contributed by atoms with van der Waals surface area (Å²) in [6, 6.07) is 2.82. The highest BCUT2D eigenvalue weighted by Crippen LogP contribution is 2.11. The SMILES string of the molecule is CC(NC(=O)C(N)CCCN=C(N)N)C(=O)NCC(=O)NC(Cc1ccc(O)cc1)C(=O)O. The summed E-state index contributed by atoms with van der Waals surface area (Å²) in [4.78, 5) is 51.5. The smallest absolute Gasteiger partial charge is 0.326 e. The average Bonchev–Trinajstić information content (AvgIpc) is 2.75. The van der Waals surface area contributed by atoms with Crippen LogP contribution in [0.3, 0.4) is 0 Å². The molecule has 0 aliphatic heterocycles. The first-order chi connectivity index (χ1) is 15.5. The van der Waals surface area contributed by atoms with Gasteiger partial charge in [0.2, 0.25) is 17.7 Å². The van der Waals surface area contributed by atoms with Crippen molar-refractivity contribution in [1.29, 1.82) is 0 Å². The summed E-state index contributed by atoms with van der Waals surface area (Å²) in [6.07, 6.45) is 0.766. The fraction of sp³-hybridized carbons (Fsp3) is 0.450. The molecule has 0 saturated heterocycles. The highest BCUT2D eigenvalue weighted by molar-refractivity contribution is 5.92. The summed E-state index contributed by atoms with van der Waals surface area (Å²) >= 11 is 0. The van der Waals surface area contributed by atoms with Crippen LogP contribution < -0.4 is 33.2 Å². The molecule has 0 fully saturated rings. The van der Waals surface area contributed by atoms with E-state index in [-0.39, 0.29) is 18.1 Å². The third kappa shape index (κ3) is 10.8. The molecule has 0 aliphatic rings. The molecular formula is C20H31N7O6. The van der Waals surface area contributed by atoms with E-state index in [4.69, 9.17) is 17.2 Å². The minimum absolute atomic E-state index is 0.0111. The van der Waals surface area contributed by atoms with E-state index in [1.54, 1.807) is 0 Å². The molecule has 3 amide bonds. The van der Waals surface area contributed by atoms with Crippen molar-refractivity contribution in [3.8, 4) is 5.75 Å². The van der Waals surface area contributed by atoms with Crippen LogP contribution in [-0.4, -0.2) is 71.1 Å². The Kier molecular flexibility index (Phi) is 11.1. The molecule has 0 saturated carbocycles. The number of rotatable bonds is 13. The molecule has 1 aromatic carbocycles. The predicted molar refractivity (Wildman–Crippen MR) is 120 cm³/mol. The lowest BCUT2D eigenvalue weighted by Crippen LogP contribution is -2.52. The van der Waals surface area contributed by atoms with Crippen LogP contribution in [0.25, 0.3) is 0 Å². The van der Waals surface area contributed by atoms with Gasteiger partial charge in [-0.1, -0.05) is 12.1 Å². The van der Waals surface area contributed by atoms with Crippen molar-refractivity contribution in [2.45, 2.75) is 44.3 Å². The summed E-state index contributed by atoms with van der Waals surface area (Å²) in [5.74, 6) is -3.19. The summed E-state index contributed by atoms with van der Waals surface area (Å²) in [6.45, 7) is 1.25. The van der Waals surface area contributed by atoms with Gasteiger partial charge in [-0.3, -0.25) is 19.4 Å². The van der Waals surface area contributed by atoms with Crippen molar-refractivity contribution >= 4 is 29.7 Å². The Morgan fingerprint density at radius 2 is 1.70 bits per heavy atom. The van der Waals surface area contributed by atoms with Crippen molar-refractivity contribution in [3.63, 3.8) is 0 Å². The van der Waals surface area contributed by atoms with Gasteiger partial charge in [0.1, 0.15) is 17.8 Å². The molecule has 3 atom stereocenters. The summed E-state index contributed by atoms with van der Waals surface area (Å²) < 4.78 is 0. The van der Waals surface area contributed by atoms with Crippen LogP contribution >= 0.6 is 0 Å². The fourth-order valence-corrected chi connectivity index (χ4v) is 2.67. The van der Waals surface area contributed by atoms with Gasteiger partial charge in [0.25, 0.3) is 0 Å². The number of aliphatic carboxylic acids is 1. The van der Waals surface area contributed by atoms with Crippen LogP contribution in [0.15, 0.2) is 29.3 Å². The Morgan fingerprint density at radius 3 is 2.27 bits per heavy atom. The Morgan fingerprint density at radius 1 is 1.06 bits per heavy atom. The van der Waals surface area contributed by atoms with Gasteiger partial charge < -0.3 is 43.4 Å². The lowest BCUT2D eigenvalue weighted by Gasteiger charge is -2.18. The fourth-order valence-electron chi connectivity index (χ4n) is 2.67. The van der Waals surface area contributed by atoms with Crippen molar-refractivity contribution in [2.75, 3.05) is 13.1 Å². The highest BCUT2D eigenvalue weighted by atomic mass is 16.4. The van der Waals surface area contributed by atoms with Crippen LogP contribution in [0.5, 0.6) is 5.75 Å². The van der Waals surface area contributed by atoms with E-state index in [1.807, 2.05) is 0 Å². The Bertz CT molecular complexity index is 855. The third-order valence-electron chi connectivity index (χ3n) is 4.49. The van der Waals surface area contributed by atoms with Crippen molar-refractivity contribution < 1.29 is 29.4 Å². The normalized spacial score (nSPS) is 13.2. The molecule has 0 aromatic heterocycles. The van der Waals surface area contributed by atoms with Gasteiger partial charge in [-0.25, -0.2) is 4.79 Å². The van der Waals surface area contributed by atoms with Crippen molar-refractivity contribution in [1.82, 2.24) is 16.0 Å². The van der Waals surface area contributed by atoms with E-state index in [2.05, 4.69) is 20.9 Å². The molecule has 13 heteroatoms. The van der Waals surface area contributed by atoms with Gasteiger partial charge in [0.05, 0.1) is 12.6 Å². The molecule has 182 valence electrons. The lowest BCUT2D eigenvalue weighted by molar-refractivity contribution is -0.141. The first-order valence-electron chi connectivity index (χ1n) is 10.2. The summed E-state index contributed by atoms with van der Waals surface area (Å²) in [5.41, 5.74) is 16.8. The minimum Gasteiger partial charge on any atom is -0.508 e. The molecule has 1 aromatic rings. The van der Waals surface area contributed by atoms with Crippen LogP contribution in [0, 0.1) is 0 Å². The van der Waals surface area contributed by atoms with E-state index in [9.17, 15) is 29.4 Å². The number of aliphatic imine (C=N–C) groups is 1. The first kappa shape index (κ1) is 27.2. The monoisotopic (exact) mass is 465 g/mol. The average molecular weight is 466 g/mol. The number of phenols is 1. The minimum atomic E-state index is -1.25. The molecule has 13 nitrogen and oxygen atoms in total. The number of amides is 3. The molecule has 0 radical (unpaired) electrons. The van der Waals surface area contributed by atoms with Crippen molar-refractivity contribution in [3.05, 3.63) is 29.8 Å². The molecule has 1 rings (SSSR count). The van der Waals surface area contributed by atoms with Gasteiger partial charge in [0, 0.05) is 13.0 Å². The van der Waals surface area contributed by atoms with E-state index < -0.39 is 48.4 Å². The third-order valence-corrected chi connectivity index (χ3v) is 4.49. The number of phenolic OH excluding ortho intramolecular Hbond substituents is 1. The number of hydrogen-bond donors (Lipinski definition) is 8. The number of carboxylic acids is 1. The first-order valence-corrected chi connectivity index (χ1v) is 10.2. The van der Waals surface area contributed by atoms with Gasteiger partial charge in [-0.15, -0.1) is 0 Å². The van der Waals surface area contributed by atoms with Crippen molar-refractivity contribution in [2.24, 2.45) is 22.2 Å². The zero-order valence-corrected chi connectivity index (χ0v) is 18.3. The van der Waals surface area contributed by atoms with Gasteiger partial charge in [0.15, 0.2) is 5.96 Å². The maximum atomic E-state index is 12.2. The number of guanidine groups is 1. The molecular weight excluding hydrogens is 434 g/mol. The number of benzene rings is 1. The molecule has 0 spiro atoms. The summed E-state index contributed by atoms with van der Waals surface area (Å²) in [5, 5.41) is 25.7. The van der Waals surface area contributed by atoms with Gasteiger partial charge in [-0.2, -0.15) is 0 Å². The zero-order valence-electron chi connectivity index (χ0n) is 18.3. The Balaban J connectivity index is 2.44. The zero-order chi connectivity index (χ0) is 25.0. The van der Waals surface area contributed by atoms with Gasteiger partial charge in [-0.05, 0) is 37.5 Å². The molecule has 0 bridgehead atoms. The second kappa shape index (κ2) is 13.5. The maximum absolute atomic E-state index is 12.2. The highest BCUT2D eigenvalue weighted by Gasteiger charge is 2.23. The number of nitrogens with two attached hydrogens (primary N) is 3. The number of aromatic hydroxyl groups is 1. The largest absolute Gasteiger partial charge is 0.508 e. The number of nitrogens with one attached hydrogen (secondary N) is 3. The second-order valence-electron chi connectivity index (χ2n) is 7.33. The van der Waals surface area contributed by atoms with Crippen LogP contribution in [0.1, 0.15) is 25.3 Å². The van der Waals surface area contributed by atoms with Crippen LogP contribution in [-0.2, 0) is 25.6 Å². The van der Waals surface area contributed by atoms with E-state index in [0.717, 1.165) is 0 Å². The number of carbonyl (C=O) groups excluding carboxylic acids is 3. The number of carbonyl (C=O) groups is 4. The van der Waals surface area contributed by atoms with Gasteiger partial charge >= 0.3 is 5.97 Å². The summed E-state index contributed by atoms with van der Waals surface area (Å²) in [7, 11) is 0. The Labute approximate surface area is 190 Å². The quantitative estimate of drug-likeness (QED) is 0.0872. The number of carboxylic acid groups (broad SMARTS) is 1. The standard InChI is InChI=1S/C20H31N7O6/c1-11(26-18(31)14(21)3-2-8-24-20(22)23)17(30)25-10-16(29)27-15(19(32)33)9-12-4-6-13(28)7-5-12/h4-7,11,14-15,28H,2-3,8-10,21H2,1H3,(H,25,30)(H,26,31)(H,27,29)(H,32,33)(H4,22,23,24). The number of nitrogens with zero attached hydrogens (tertiary/aromatic N) is 1. The van der Waals surface area contributed by atoms with E-state index in [1.165, 1.54) is 31.2 Å². The molecule has 0 aliphatic carbocycles. The molecule has 11 N–H and O–H groups in total. The number of hydrogen-bond acceptors (Lipinski definition) is 7. The predicted octanol–water partition coefficient (Wildman–Crippen LogP) is -2.49. The van der Waals surface area contributed by atoms with E-state index >= 15 is 0 Å². The molecule has 0 heterocycles. The molecule has 33 heavy (non-hydrogen) atoms. The molecule has 3 unspecified atom stereocenters. The Hall–Kier alpha value is -3.87. The van der Waals surface area contributed by atoms with E-state index in [0.29, 0.717) is 24.9 Å². The maximum Gasteiger partial charge on any atom is 0.326 e. The lowest BCUT2D eigenvalue weighted by atomic mass is 10.1. The second-order valence-corrected chi connectivity index (χ2v) is 7.33. The van der Waals surface area contributed by atoms with Crippen LogP contribution in [0.4, 0.5) is 0 Å². The topological polar surface area (TPSA) is 235 Å². The van der Waals surface area contributed by atoms with Crippen LogP contribution in [0.2, 0.25) is 0 Å².